The van der Waals surface area contributed by atoms with Crippen LogP contribution < -0.4 is 10.6 Å². The van der Waals surface area contributed by atoms with Crippen LogP contribution in [-0.2, 0) is 9.59 Å². The molecule has 1 aromatic carbocycles. The van der Waals surface area contributed by atoms with Gasteiger partial charge < -0.3 is 20.8 Å². The van der Waals surface area contributed by atoms with Crippen LogP contribution in [0.4, 0.5) is 5.69 Å². The molecule has 2 atom stereocenters. The molecule has 1 aliphatic heterocycles. The zero-order chi connectivity index (χ0) is 14.9. The van der Waals surface area contributed by atoms with Crippen LogP contribution in [0.3, 0.4) is 0 Å². The van der Waals surface area contributed by atoms with Crippen LogP contribution in [0.5, 0.6) is 5.75 Å². The quantitative estimate of drug-likeness (QED) is 0.637. The maximum Gasteiger partial charge on any atom is 0.307 e. The molecule has 1 heterocycles. The van der Waals surface area contributed by atoms with Crippen molar-refractivity contribution in [1.29, 1.82) is 0 Å². The van der Waals surface area contributed by atoms with Gasteiger partial charge in [-0.1, -0.05) is 11.6 Å². The second-order valence-electron chi connectivity index (χ2n) is 4.77. The first-order valence-electron chi connectivity index (χ1n) is 6.15. The van der Waals surface area contributed by atoms with Crippen molar-refractivity contribution < 1.29 is 19.8 Å². The minimum absolute atomic E-state index is 0.0971. The van der Waals surface area contributed by atoms with Gasteiger partial charge in [0.1, 0.15) is 5.75 Å². The predicted octanol–water partition coefficient (Wildman–Crippen LogP) is 1.74. The molecule has 0 saturated carbocycles. The molecular formula is C13H15ClN2O4. The van der Waals surface area contributed by atoms with Crippen molar-refractivity contribution in [3.8, 4) is 5.75 Å². The molecule has 2 rings (SSSR count). The zero-order valence-electron chi connectivity index (χ0n) is 10.8. The number of anilines is 1. The van der Waals surface area contributed by atoms with E-state index < -0.39 is 11.9 Å². The number of aromatic hydroxyl groups is 1. The number of carboxylic acids is 1. The first kappa shape index (κ1) is 14.6. The first-order valence-corrected chi connectivity index (χ1v) is 6.53. The van der Waals surface area contributed by atoms with E-state index in [-0.39, 0.29) is 23.4 Å². The fourth-order valence-corrected chi connectivity index (χ4v) is 2.66. The maximum atomic E-state index is 11.2. The molecule has 1 saturated heterocycles. The van der Waals surface area contributed by atoms with E-state index in [2.05, 4.69) is 10.6 Å². The first-order chi connectivity index (χ1) is 9.40. The molecule has 0 radical (unpaired) electrons. The third-order valence-electron chi connectivity index (χ3n) is 3.30. The van der Waals surface area contributed by atoms with E-state index in [0.717, 1.165) is 0 Å². The van der Waals surface area contributed by atoms with Gasteiger partial charge in [0.2, 0.25) is 5.91 Å². The Balaban J connectivity index is 2.38. The molecule has 1 aliphatic rings. The van der Waals surface area contributed by atoms with E-state index in [9.17, 15) is 14.7 Å². The summed E-state index contributed by atoms with van der Waals surface area (Å²) >= 11 is 6.14. The second-order valence-corrected chi connectivity index (χ2v) is 5.18. The van der Waals surface area contributed by atoms with Crippen molar-refractivity contribution in [2.45, 2.75) is 19.4 Å². The number of amides is 1. The molecule has 0 spiro atoms. The van der Waals surface area contributed by atoms with E-state index in [1.807, 2.05) is 0 Å². The summed E-state index contributed by atoms with van der Waals surface area (Å²) in [6.07, 6.45) is 0.352. The summed E-state index contributed by atoms with van der Waals surface area (Å²) in [5.41, 5.74) is 0.749. The summed E-state index contributed by atoms with van der Waals surface area (Å²) in [4.78, 5) is 22.2. The average molecular weight is 299 g/mol. The topological polar surface area (TPSA) is 98.7 Å². The van der Waals surface area contributed by atoms with Gasteiger partial charge in [-0.15, -0.1) is 0 Å². The SMILES string of the molecule is CC(=O)Nc1c(O)ccc(Cl)c1C1CC(C(=O)O)CN1. The molecule has 7 heteroatoms. The Morgan fingerprint density at radius 2 is 2.15 bits per heavy atom. The molecule has 1 amide bonds. The molecule has 1 fully saturated rings. The van der Waals surface area contributed by atoms with Crippen LogP contribution in [0, 0.1) is 5.92 Å². The largest absolute Gasteiger partial charge is 0.506 e. The summed E-state index contributed by atoms with van der Waals surface area (Å²) in [6, 6.07) is 2.59. The van der Waals surface area contributed by atoms with E-state index in [0.29, 0.717) is 23.6 Å². The number of halogens is 1. The number of hydrogen-bond acceptors (Lipinski definition) is 4. The van der Waals surface area contributed by atoms with E-state index >= 15 is 0 Å². The van der Waals surface area contributed by atoms with Crippen molar-refractivity contribution in [2.75, 3.05) is 11.9 Å². The predicted molar refractivity (Wildman–Crippen MR) is 73.9 cm³/mol. The molecule has 20 heavy (non-hydrogen) atoms. The fraction of sp³-hybridized carbons (Fsp3) is 0.385. The van der Waals surface area contributed by atoms with Gasteiger partial charge in [-0.05, 0) is 18.6 Å². The molecule has 4 N–H and O–H groups in total. The molecule has 0 bridgehead atoms. The van der Waals surface area contributed by atoms with Crippen molar-refractivity contribution in [3.63, 3.8) is 0 Å². The lowest BCUT2D eigenvalue weighted by atomic mass is 9.98. The Bertz CT molecular complexity index is 562. The minimum atomic E-state index is -0.877. The van der Waals surface area contributed by atoms with Gasteiger partial charge in [0, 0.05) is 30.1 Å². The molecule has 0 aliphatic carbocycles. The second kappa shape index (κ2) is 5.68. The number of carboxylic acid groups (broad SMARTS) is 1. The summed E-state index contributed by atoms with van der Waals surface area (Å²) in [6.45, 7) is 1.65. The van der Waals surface area contributed by atoms with Gasteiger partial charge in [0.15, 0.2) is 0 Å². The van der Waals surface area contributed by atoms with Gasteiger partial charge in [0.25, 0.3) is 0 Å². The van der Waals surface area contributed by atoms with Crippen LogP contribution in [0.2, 0.25) is 5.02 Å². The van der Waals surface area contributed by atoms with Crippen molar-refractivity contribution in [3.05, 3.63) is 22.7 Å². The summed E-state index contributed by atoms with van der Waals surface area (Å²) in [5.74, 6) is -1.82. The number of rotatable bonds is 3. The Morgan fingerprint density at radius 3 is 2.70 bits per heavy atom. The lowest BCUT2D eigenvalue weighted by Crippen LogP contribution is -2.18. The fourth-order valence-electron chi connectivity index (χ4n) is 2.37. The molecule has 2 unspecified atom stereocenters. The number of nitrogens with one attached hydrogen (secondary N) is 2. The molecule has 108 valence electrons. The van der Waals surface area contributed by atoms with Crippen molar-refractivity contribution in [1.82, 2.24) is 5.32 Å². The number of aliphatic carboxylic acids is 1. The lowest BCUT2D eigenvalue weighted by molar-refractivity contribution is -0.141. The smallest absolute Gasteiger partial charge is 0.307 e. The highest BCUT2D eigenvalue weighted by molar-refractivity contribution is 6.32. The van der Waals surface area contributed by atoms with Gasteiger partial charge in [-0.3, -0.25) is 9.59 Å². The number of hydrogen-bond donors (Lipinski definition) is 4. The Labute approximate surface area is 120 Å². The zero-order valence-corrected chi connectivity index (χ0v) is 11.6. The summed E-state index contributed by atoms with van der Waals surface area (Å²) < 4.78 is 0. The number of phenolic OH excluding ortho intramolecular Hbond substituents is 1. The standard InChI is InChI=1S/C13H15ClN2O4/c1-6(17)16-12-10(18)3-2-8(14)11(12)9-4-7(5-15-9)13(19)20/h2-3,7,9,15,18H,4-5H2,1H3,(H,16,17)(H,19,20). The Kier molecular flexibility index (Phi) is 4.15. The van der Waals surface area contributed by atoms with Crippen LogP contribution in [0.25, 0.3) is 0 Å². The monoisotopic (exact) mass is 298 g/mol. The highest BCUT2D eigenvalue weighted by atomic mass is 35.5. The summed E-state index contributed by atoms with van der Waals surface area (Å²) in [5, 5.41) is 24.9. The van der Waals surface area contributed by atoms with Gasteiger partial charge >= 0.3 is 5.97 Å². The number of benzene rings is 1. The van der Waals surface area contributed by atoms with Crippen LogP contribution >= 0.6 is 11.6 Å². The number of phenols is 1. The van der Waals surface area contributed by atoms with Crippen LogP contribution in [-0.4, -0.2) is 28.6 Å². The molecule has 0 aromatic heterocycles. The normalized spacial score (nSPS) is 21.7. The molecule has 6 nitrogen and oxygen atoms in total. The van der Waals surface area contributed by atoms with E-state index in [1.165, 1.54) is 19.1 Å². The van der Waals surface area contributed by atoms with E-state index in [4.69, 9.17) is 16.7 Å². The van der Waals surface area contributed by atoms with Gasteiger partial charge in [-0.2, -0.15) is 0 Å². The third kappa shape index (κ3) is 2.86. The Hall–Kier alpha value is -1.79. The van der Waals surface area contributed by atoms with Crippen molar-refractivity contribution >= 4 is 29.2 Å². The highest BCUT2D eigenvalue weighted by Crippen LogP contribution is 2.41. The third-order valence-corrected chi connectivity index (χ3v) is 3.63. The number of carbonyl (C=O) groups excluding carboxylic acids is 1. The maximum absolute atomic E-state index is 11.2. The minimum Gasteiger partial charge on any atom is -0.506 e. The Morgan fingerprint density at radius 1 is 1.45 bits per heavy atom. The summed E-state index contributed by atoms with van der Waals surface area (Å²) in [7, 11) is 0. The van der Waals surface area contributed by atoms with Crippen LogP contribution in [0.15, 0.2) is 12.1 Å². The van der Waals surface area contributed by atoms with Gasteiger partial charge in [0.05, 0.1) is 11.6 Å². The molecule has 1 aromatic rings. The molecular weight excluding hydrogens is 284 g/mol. The van der Waals surface area contributed by atoms with E-state index in [1.54, 1.807) is 0 Å². The number of carbonyl (C=O) groups is 2. The van der Waals surface area contributed by atoms with Crippen molar-refractivity contribution in [2.24, 2.45) is 5.92 Å². The van der Waals surface area contributed by atoms with Gasteiger partial charge in [-0.25, -0.2) is 0 Å². The van der Waals surface area contributed by atoms with Crippen LogP contribution in [0.1, 0.15) is 24.9 Å². The average Bonchev–Trinajstić information content (AvgIpc) is 2.83. The lowest BCUT2D eigenvalue weighted by Gasteiger charge is -2.19. The highest BCUT2D eigenvalue weighted by Gasteiger charge is 2.33.